The fourth-order valence-corrected chi connectivity index (χ4v) is 2.04. The third-order valence-electron chi connectivity index (χ3n) is 2.09. The molecule has 0 atom stereocenters. The topological polar surface area (TPSA) is 66.0 Å². The summed E-state index contributed by atoms with van der Waals surface area (Å²) in [4.78, 5) is 5.04. The maximum atomic E-state index is 5.88. The van der Waals surface area contributed by atoms with E-state index >= 15 is 0 Å². The predicted octanol–water partition coefficient (Wildman–Crippen LogP) is 1.56. The smallest absolute Gasteiger partial charge is 0.190 e. The molecule has 0 saturated heterocycles. The molecule has 2 aromatic rings. The second-order valence-electron chi connectivity index (χ2n) is 3.17. The van der Waals surface area contributed by atoms with Crippen molar-refractivity contribution in [3.63, 3.8) is 0 Å². The number of nitrogens with two attached hydrogens (primary N) is 1. The Hall–Kier alpha value is -1.69. The van der Waals surface area contributed by atoms with Crippen LogP contribution in [0, 0.1) is 0 Å². The first-order chi connectivity index (χ1) is 7.70. The molecule has 0 unspecified atom stereocenters. The molecule has 0 bridgehead atoms. The van der Waals surface area contributed by atoms with Gasteiger partial charge in [-0.3, -0.25) is 0 Å². The highest BCUT2D eigenvalue weighted by Gasteiger charge is 2.07. The number of hydrogen-bond acceptors (Lipinski definition) is 5. The van der Waals surface area contributed by atoms with Crippen molar-refractivity contribution in [2.75, 3.05) is 12.8 Å². The highest BCUT2D eigenvalue weighted by atomic mass is 32.2. The van der Waals surface area contributed by atoms with E-state index in [1.807, 2.05) is 25.2 Å². The Balaban J connectivity index is 2.30. The third-order valence-corrected chi connectivity index (χ3v) is 3.22. The van der Waals surface area contributed by atoms with Crippen molar-refractivity contribution in [1.29, 1.82) is 0 Å². The summed E-state index contributed by atoms with van der Waals surface area (Å²) in [6.07, 6.45) is 1.51. The van der Waals surface area contributed by atoms with E-state index in [2.05, 4.69) is 10.1 Å². The van der Waals surface area contributed by atoms with Crippen LogP contribution in [0.25, 0.3) is 0 Å². The lowest BCUT2D eigenvalue weighted by atomic mass is 10.3. The van der Waals surface area contributed by atoms with Gasteiger partial charge in [0.15, 0.2) is 5.16 Å². The minimum atomic E-state index is 0.703. The molecule has 2 N–H and O–H groups in total. The van der Waals surface area contributed by atoms with Gasteiger partial charge in [0.2, 0.25) is 0 Å². The molecule has 0 amide bonds. The fourth-order valence-electron chi connectivity index (χ4n) is 1.21. The van der Waals surface area contributed by atoms with Gasteiger partial charge in [-0.2, -0.15) is 5.10 Å². The summed E-state index contributed by atoms with van der Waals surface area (Å²) in [5, 5.41) is 4.79. The van der Waals surface area contributed by atoms with Crippen LogP contribution < -0.4 is 10.5 Å². The van der Waals surface area contributed by atoms with Gasteiger partial charge in [-0.05, 0) is 30.0 Å². The van der Waals surface area contributed by atoms with Crippen molar-refractivity contribution in [3.8, 4) is 5.75 Å². The fraction of sp³-hybridized carbons (Fsp3) is 0.200. The molecule has 5 nitrogen and oxygen atoms in total. The molecule has 0 spiro atoms. The summed E-state index contributed by atoms with van der Waals surface area (Å²) in [6.45, 7) is 0. The first-order valence-corrected chi connectivity index (χ1v) is 5.47. The van der Waals surface area contributed by atoms with Crippen LogP contribution in [0.4, 0.5) is 5.69 Å². The monoisotopic (exact) mass is 236 g/mol. The van der Waals surface area contributed by atoms with Crippen LogP contribution in [0.3, 0.4) is 0 Å². The van der Waals surface area contributed by atoms with Crippen LogP contribution in [-0.4, -0.2) is 21.9 Å². The van der Waals surface area contributed by atoms with E-state index in [0.29, 0.717) is 5.69 Å². The molecule has 1 aromatic carbocycles. The van der Waals surface area contributed by atoms with E-state index in [0.717, 1.165) is 15.8 Å². The quantitative estimate of drug-likeness (QED) is 0.819. The summed E-state index contributed by atoms with van der Waals surface area (Å²) < 4.78 is 6.85. The van der Waals surface area contributed by atoms with Crippen LogP contribution in [0.5, 0.6) is 5.75 Å². The second kappa shape index (κ2) is 4.44. The number of nitrogen functional groups attached to an aromatic ring is 1. The summed E-state index contributed by atoms with van der Waals surface area (Å²) in [7, 11) is 3.47. The number of aryl methyl sites for hydroxylation is 1. The van der Waals surface area contributed by atoms with Gasteiger partial charge in [0.25, 0.3) is 0 Å². The van der Waals surface area contributed by atoms with E-state index in [1.165, 1.54) is 18.1 Å². The number of methoxy groups -OCH3 is 1. The largest absolute Gasteiger partial charge is 0.497 e. The number of anilines is 1. The number of hydrogen-bond donors (Lipinski definition) is 1. The van der Waals surface area contributed by atoms with Gasteiger partial charge in [0.1, 0.15) is 12.1 Å². The zero-order valence-electron chi connectivity index (χ0n) is 9.04. The highest BCUT2D eigenvalue weighted by Crippen LogP contribution is 2.32. The molecule has 0 fully saturated rings. The molecule has 84 valence electrons. The zero-order valence-corrected chi connectivity index (χ0v) is 9.86. The maximum Gasteiger partial charge on any atom is 0.190 e. The van der Waals surface area contributed by atoms with Gasteiger partial charge in [-0.25, -0.2) is 9.67 Å². The number of nitrogens with zero attached hydrogens (tertiary/aromatic N) is 3. The van der Waals surface area contributed by atoms with Crippen molar-refractivity contribution < 1.29 is 4.74 Å². The molecule has 0 aliphatic carbocycles. The average Bonchev–Trinajstić information content (AvgIpc) is 2.68. The Morgan fingerprint density at radius 3 is 2.88 bits per heavy atom. The Kier molecular flexibility index (Phi) is 3.00. The molecule has 16 heavy (non-hydrogen) atoms. The molecule has 0 aliphatic rings. The minimum Gasteiger partial charge on any atom is -0.497 e. The van der Waals surface area contributed by atoms with Crippen LogP contribution >= 0.6 is 11.8 Å². The Morgan fingerprint density at radius 2 is 2.25 bits per heavy atom. The van der Waals surface area contributed by atoms with Gasteiger partial charge >= 0.3 is 0 Å². The van der Waals surface area contributed by atoms with Crippen molar-refractivity contribution in [2.45, 2.75) is 10.1 Å². The lowest BCUT2D eigenvalue weighted by Gasteiger charge is -2.06. The number of rotatable bonds is 3. The molecule has 1 heterocycles. The lowest BCUT2D eigenvalue weighted by Crippen LogP contribution is -1.95. The van der Waals surface area contributed by atoms with Crippen molar-refractivity contribution in [2.24, 2.45) is 7.05 Å². The summed E-state index contributed by atoms with van der Waals surface area (Å²) >= 11 is 1.46. The van der Waals surface area contributed by atoms with Crippen LogP contribution in [0.1, 0.15) is 0 Å². The minimum absolute atomic E-state index is 0.703. The summed E-state index contributed by atoms with van der Waals surface area (Å²) in [5.41, 5.74) is 6.58. The van der Waals surface area contributed by atoms with Crippen LogP contribution in [-0.2, 0) is 7.05 Å². The van der Waals surface area contributed by atoms with Gasteiger partial charge in [0, 0.05) is 17.6 Å². The molecule has 0 radical (unpaired) electrons. The van der Waals surface area contributed by atoms with E-state index < -0.39 is 0 Å². The van der Waals surface area contributed by atoms with E-state index in [4.69, 9.17) is 10.5 Å². The highest BCUT2D eigenvalue weighted by molar-refractivity contribution is 7.99. The first kappa shape index (κ1) is 10.8. The molecular weight excluding hydrogens is 224 g/mol. The average molecular weight is 236 g/mol. The lowest BCUT2D eigenvalue weighted by molar-refractivity contribution is 0.414. The van der Waals surface area contributed by atoms with Crippen molar-refractivity contribution in [1.82, 2.24) is 14.8 Å². The van der Waals surface area contributed by atoms with Crippen molar-refractivity contribution >= 4 is 17.4 Å². The van der Waals surface area contributed by atoms with Gasteiger partial charge in [0.05, 0.1) is 7.11 Å². The number of benzene rings is 1. The van der Waals surface area contributed by atoms with Crippen LogP contribution in [0.2, 0.25) is 0 Å². The van der Waals surface area contributed by atoms with E-state index in [1.54, 1.807) is 11.8 Å². The Bertz CT molecular complexity index is 497. The number of ether oxygens (including phenoxy) is 1. The molecule has 0 aliphatic heterocycles. The Morgan fingerprint density at radius 1 is 1.44 bits per heavy atom. The maximum absolute atomic E-state index is 5.88. The van der Waals surface area contributed by atoms with Gasteiger partial charge < -0.3 is 10.5 Å². The van der Waals surface area contributed by atoms with Crippen molar-refractivity contribution in [3.05, 3.63) is 24.5 Å². The van der Waals surface area contributed by atoms with Gasteiger partial charge in [-0.15, -0.1) is 0 Å². The summed E-state index contributed by atoms with van der Waals surface area (Å²) in [6, 6.07) is 5.53. The normalized spacial score (nSPS) is 10.4. The van der Waals surface area contributed by atoms with E-state index in [9.17, 15) is 0 Å². The third kappa shape index (κ3) is 2.11. The molecular formula is C10H12N4OS. The SMILES string of the molecule is COc1ccc(N)c(Sc2ncnn2C)c1. The predicted molar refractivity (Wildman–Crippen MR) is 62.5 cm³/mol. The van der Waals surface area contributed by atoms with E-state index in [-0.39, 0.29) is 0 Å². The standard InChI is InChI=1S/C10H12N4OS/c1-14-10(12-6-13-14)16-9-5-7(15-2)3-4-8(9)11/h3-6H,11H2,1-2H3. The summed E-state index contributed by atoms with van der Waals surface area (Å²) in [5.74, 6) is 0.777. The van der Waals surface area contributed by atoms with Gasteiger partial charge in [-0.1, -0.05) is 0 Å². The first-order valence-electron chi connectivity index (χ1n) is 4.66. The zero-order chi connectivity index (χ0) is 11.5. The molecule has 2 rings (SSSR count). The molecule has 6 heteroatoms. The molecule has 0 saturated carbocycles. The Labute approximate surface area is 97.6 Å². The van der Waals surface area contributed by atoms with Crippen LogP contribution in [0.15, 0.2) is 34.6 Å². The second-order valence-corrected chi connectivity index (χ2v) is 4.18. The number of aromatic nitrogens is 3. The molecule has 1 aromatic heterocycles.